The van der Waals surface area contributed by atoms with Crippen molar-refractivity contribution in [1.29, 1.82) is 0 Å². The molecule has 0 saturated heterocycles. The molecule has 26 heavy (non-hydrogen) atoms. The van der Waals surface area contributed by atoms with Gasteiger partial charge in [-0.15, -0.1) is 0 Å². The Balaban J connectivity index is 2.04. The topological polar surface area (TPSA) is 95.5 Å². The number of nitro groups is 1. The van der Waals surface area contributed by atoms with Crippen LogP contribution in [-0.2, 0) is 6.61 Å². The second-order valence-corrected chi connectivity index (χ2v) is 6.32. The maximum atomic E-state index is 11.9. The van der Waals surface area contributed by atoms with E-state index in [9.17, 15) is 14.9 Å². The Kier molecular flexibility index (Phi) is 4.71. The van der Waals surface area contributed by atoms with Crippen LogP contribution in [0.2, 0.25) is 0 Å². The average molecular weight is 354 g/mol. The summed E-state index contributed by atoms with van der Waals surface area (Å²) in [4.78, 5) is 26.0. The Bertz CT molecular complexity index is 1040. The molecule has 0 unspecified atom stereocenters. The van der Waals surface area contributed by atoms with Crippen molar-refractivity contribution >= 4 is 16.8 Å². The van der Waals surface area contributed by atoms with E-state index in [1.165, 1.54) is 18.3 Å². The fraction of sp³-hybridized carbons (Fsp3) is 0.263. The number of rotatable bonds is 5. The molecule has 0 aliphatic carbocycles. The lowest BCUT2D eigenvalue weighted by atomic mass is 9.95. The highest BCUT2D eigenvalue weighted by Crippen LogP contribution is 2.29. The van der Waals surface area contributed by atoms with Gasteiger partial charge >= 0.3 is 11.4 Å². The number of pyridine rings is 1. The molecule has 0 atom stereocenters. The van der Waals surface area contributed by atoms with Gasteiger partial charge < -0.3 is 19.3 Å². The number of aromatic nitrogens is 1. The summed E-state index contributed by atoms with van der Waals surface area (Å²) in [6.07, 6.45) is 1.33. The van der Waals surface area contributed by atoms with Crippen molar-refractivity contribution in [2.45, 2.75) is 33.3 Å². The monoisotopic (exact) mass is 354 g/mol. The van der Waals surface area contributed by atoms with Crippen molar-refractivity contribution in [3.05, 3.63) is 73.8 Å². The van der Waals surface area contributed by atoms with Crippen molar-refractivity contribution in [3.63, 3.8) is 0 Å². The maximum absolute atomic E-state index is 11.9. The molecule has 7 nitrogen and oxygen atoms in total. The molecule has 134 valence electrons. The normalized spacial score (nSPS) is 11.1. The highest BCUT2D eigenvalue weighted by atomic mass is 16.6. The molecule has 0 N–H and O–H groups in total. The number of hydrogen-bond acceptors (Lipinski definition) is 6. The summed E-state index contributed by atoms with van der Waals surface area (Å²) >= 11 is 0. The van der Waals surface area contributed by atoms with Crippen LogP contribution in [0.3, 0.4) is 0 Å². The summed E-state index contributed by atoms with van der Waals surface area (Å²) in [6, 6.07) is 8.20. The van der Waals surface area contributed by atoms with E-state index in [0.717, 1.165) is 16.5 Å². The van der Waals surface area contributed by atoms with Gasteiger partial charge in [0.2, 0.25) is 5.75 Å². The summed E-state index contributed by atoms with van der Waals surface area (Å²) in [5.74, 6) is -0.00641. The van der Waals surface area contributed by atoms with Crippen LogP contribution in [0.25, 0.3) is 11.0 Å². The van der Waals surface area contributed by atoms with Gasteiger partial charge in [-0.3, -0.25) is 0 Å². The number of benzene rings is 1. The Labute approximate surface area is 149 Å². The molecule has 3 rings (SSSR count). The fourth-order valence-corrected chi connectivity index (χ4v) is 2.92. The third kappa shape index (κ3) is 3.42. The summed E-state index contributed by atoms with van der Waals surface area (Å²) < 4.78 is 10.9. The Morgan fingerprint density at radius 3 is 2.77 bits per heavy atom. The molecule has 0 aliphatic heterocycles. The van der Waals surface area contributed by atoms with E-state index >= 15 is 0 Å². The lowest BCUT2D eigenvalue weighted by molar-refractivity contribution is -0.390. The first kappa shape index (κ1) is 17.6. The zero-order chi connectivity index (χ0) is 18.8. The second-order valence-electron chi connectivity index (χ2n) is 6.32. The Hall–Kier alpha value is -3.22. The molecule has 1 aromatic carbocycles. The van der Waals surface area contributed by atoms with Gasteiger partial charge in [0, 0.05) is 17.0 Å². The molecule has 0 spiro atoms. The summed E-state index contributed by atoms with van der Waals surface area (Å²) in [5.41, 5.74) is 2.76. The third-order valence-corrected chi connectivity index (χ3v) is 4.15. The first-order chi connectivity index (χ1) is 12.4. The van der Waals surface area contributed by atoms with Crippen LogP contribution in [0.15, 0.2) is 45.7 Å². The smallest absolute Gasteiger partial charge is 0.406 e. The van der Waals surface area contributed by atoms with Crippen LogP contribution in [0.1, 0.15) is 36.5 Å². The molecule has 0 amide bonds. The summed E-state index contributed by atoms with van der Waals surface area (Å²) in [7, 11) is 0. The van der Waals surface area contributed by atoms with Gasteiger partial charge in [-0.05, 0) is 58.1 Å². The number of hydrogen-bond donors (Lipinski definition) is 0. The molecule has 7 heteroatoms. The van der Waals surface area contributed by atoms with Gasteiger partial charge in [0.05, 0.1) is 0 Å². The molecule has 2 heterocycles. The quantitative estimate of drug-likeness (QED) is 0.389. The van der Waals surface area contributed by atoms with Crippen molar-refractivity contribution in [3.8, 4) is 5.75 Å². The van der Waals surface area contributed by atoms with E-state index < -0.39 is 10.5 Å². The predicted octanol–water partition coefficient (Wildman–Crippen LogP) is 4.11. The van der Waals surface area contributed by atoms with Gasteiger partial charge in [-0.1, -0.05) is 13.8 Å². The van der Waals surface area contributed by atoms with Crippen LogP contribution < -0.4 is 10.4 Å². The number of fused-ring (bicyclic) bond motifs is 1. The lowest BCUT2D eigenvalue weighted by Gasteiger charge is -2.13. The Morgan fingerprint density at radius 2 is 2.08 bits per heavy atom. The van der Waals surface area contributed by atoms with Crippen molar-refractivity contribution in [2.24, 2.45) is 0 Å². The molecule has 0 saturated carbocycles. The fourth-order valence-electron chi connectivity index (χ4n) is 2.92. The van der Waals surface area contributed by atoms with Gasteiger partial charge in [0.25, 0.3) is 0 Å². The van der Waals surface area contributed by atoms with Gasteiger partial charge in [0.1, 0.15) is 18.4 Å². The Morgan fingerprint density at radius 1 is 1.31 bits per heavy atom. The molecule has 3 aromatic rings. The van der Waals surface area contributed by atoms with E-state index in [4.69, 9.17) is 9.15 Å². The first-order valence-electron chi connectivity index (χ1n) is 8.16. The van der Waals surface area contributed by atoms with Crippen LogP contribution in [0.5, 0.6) is 5.75 Å². The van der Waals surface area contributed by atoms with Crippen LogP contribution in [0, 0.1) is 17.0 Å². The van der Waals surface area contributed by atoms with Crippen LogP contribution in [0.4, 0.5) is 5.82 Å². The highest BCUT2D eigenvalue weighted by Gasteiger charge is 2.17. The zero-order valence-electron chi connectivity index (χ0n) is 14.7. The minimum absolute atomic E-state index is 0.00473. The summed E-state index contributed by atoms with van der Waals surface area (Å²) in [6.45, 7) is 6.14. The third-order valence-electron chi connectivity index (χ3n) is 4.15. The van der Waals surface area contributed by atoms with Crippen LogP contribution >= 0.6 is 0 Å². The molecule has 0 aliphatic rings. The average Bonchev–Trinajstić information content (AvgIpc) is 2.58. The van der Waals surface area contributed by atoms with Crippen LogP contribution in [-0.4, -0.2) is 9.91 Å². The second kappa shape index (κ2) is 6.95. The van der Waals surface area contributed by atoms with Gasteiger partial charge in [0.15, 0.2) is 0 Å². The molecule has 0 fully saturated rings. The minimum Gasteiger partial charge on any atom is -0.481 e. The predicted molar refractivity (Wildman–Crippen MR) is 96.5 cm³/mol. The SMILES string of the molecule is Cc1cc2oc(=O)cc(COc3cccnc3[N+](=O)[O-])c2cc1C(C)C. The first-order valence-corrected chi connectivity index (χ1v) is 8.16. The molecular weight excluding hydrogens is 336 g/mol. The highest BCUT2D eigenvalue weighted by molar-refractivity contribution is 5.82. The molecular formula is C19H18N2O5. The van der Waals surface area contributed by atoms with Crippen molar-refractivity contribution < 1.29 is 14.1 Å². The molecule has 0 bridgehead atoms. The van der Waals surface area contributed by atoms with E-state index in [1.807, 2.05) is 19.1 Å². The van der Waals surface area contributed by atoms with Crippen molar-refractivity contribution in [1.82, 2.24) is 4.98 Å². The minimum atomic E-state index is -0.604. The van der Waals surface area contributed by atoms with Gasteiger partial charge in [-0.25, -0.2) is 4.79 Å². The maximum Gasteiger partial charge on any atom is 0.406 e. The van der Waals surface area contributed by atoms with E-state index in [1.54, 1.807) is 6.07 Å². The molecule has 2 aromatic heterocycles. The van der Waals surface area contributed by atoms with Gasteiger partial charge in [-0.2, -0.15) is 0 Å². The number of aryl methyl sites for hydroxylation is 1. The lowest BCUT2D eigenvalue weighted by Crippen LogP contribution is -2.06. The standard InChI is InChI=1S/C19H18N2O5/c1-11(2)14-9-15-13(8-18(22)26-17(15)7-12(14)3)10-25-16-5-4-6-20-19(16)21(23)24/h4-9,11H,10H2,1-3H3. The summed E-state index contributed by atoms with van der Waals surface area (Å²) in [5, 5.41) is 11.8. The molecule has 0 radical (unpaired) electrons. The number of ether oxygens (including phenoxy) is 1. The van der Waals surface area contributed by atoms with E-state index in [2.05, 4.69) is 18.8 Å². The number of nitrogens with zero attached hydrogens (tertiary/aromatic N) is 2. The zero-order valence-corrected chi connectivity index (χ0v) is 14.7. The van der Waals surface area contributed by atoms with Crippen molar-refractivity contribution in [2.75, 3.05) is 0 Å². The largest absolute Gasteiger partial charge is 0.481 e. The van der Waals surface area contributed by atoms with E-state index in [0.29, 0.717) is 17.1 Å². The van der Waals surface area contributed by atoms with E-state index in [-0.39, 0.29) is 18.2 Å².